The number of imide groups is 1. The number of amides is 4. The topological polar surface area (TPSA) is 82.1 Å². The van der Waals surface area contributed by atoms with Gasteiger partial charge in [0.25, 0.3) is 0 Å². The minimum absolute atomic E-state index is 0.308. The Balaban J connectivity index is 1.47. The number of hydrogen-bond donors (Lipinski definition) is 1. The number of aryl methyl sites for hydroxylation is 1. The van der Waals surface area contributed by atoms with Gasteiger partial charge in [0.1, 0.15) is 6.54 Å². The fourth-order valence-corrected chi connectivity index (χ4v) is 3.42. The van der Waals surface area contributed by atoms with Crippen LogP contribution < -0.4 is 10.2 Å². The third-order valence-electron chi connectivity index (χ3n) is 4.97. The van der Waals surface area contributed by atoms with E-state index in [-0.39, 0.29) is 12.5 Å². The molecule has 1 N–H and O–H groups in total. The zero-order valence-corrected chi connectivity index (χ0v) is 16.8. The Morgan fingerprint density at radius 3 is 2.86 bits per heavy atom. The highest BCUT2D eigenvalue weighted by Gasteiger charge is 2.36. The summed E-state index contributed by atoms with van der Waals surface area (Å²) >= 11 is 0. The van der Waals surface area contributed by atoms with E-state index in [1.807, 2.05) is 6.07 Å². The van der Waals surface area contributed by atoms with Crippen LogP contribution in [0.4, 0.5) is 10.5 Å². The SMILES string of the molecule is CCN(CCCNC(=O)CN1C(=O)N=C2C=CC=CC2C1=O)c1cccc(C)c1. The molecule has 1 aliphatic carbocycles. The highest BCUT2D eigenvalue weighted by atomic mass is 16.2. The number of hydrogen-bond acceptors (Lipinski definition) is 4. The Morgan fingerprint density at radius 2 is 2.10 bits per heavy atom. The molecule has 2 aliphatic rings. The number of urea groups is 1. The Hall–Kier alpha value is -3.22. The number of carbonyl (C=O) groups is 3. The second-order valence-electron chi connectivity index (χ2n) is 7.09. The average molecular weight is 394 g/mol. The average Bonchev–Trinajstić information content (AvgIpc) is 2.71. The lowest BCUT2D eigenvalue weighted by Gasteiger charge is -2.27. The van der Waals surface area contributed by atoms with Crippen molar-refractivity contribution < 1.29 is 14.4 Å². The monoisotopic (exact) mass is 394 g/mol. The van der Waals surface area contributed by atoms with Crippen molar-refractivity contribution in [3.05, 3.63) is 54.1 Å². The number of fused-ring (bicyclic) bond motifs is 1. The first kappa shape index (κ1) is 20.5. The molecule has 1 aromatic carbocycles. The number of rotatable bonds is 8. The molecule has 1 heterocycles. The molecule has 1 aliphatic heterocycles. The van der Waals surface area contributed by atoms with E-state index in [0.29, 0.717) is 12.3 Å². The quantitative estimate of drug-likeness (QED) is 0.687. The first-order chi connectivity index (χ1) is 14.0. The van der Waals surface area contributed by atoms with Crippen molar-refractivity contribution in [2.75, 3.05) is 31.1 Å². The van der Waals surface area contributed by atoms with Crippen LogP contribution in [0.2, 0.25) is 0 Å². The smallest absolute Gasteiger partial charge is 0.351 e. The first-order valence-corrected chi connectivity index (χ1v) is 9.86. The summed E-state index contributed by atoms with van der Waals surface area (Å²) in [7, 11) is 0. The number of benzene rings is 1. The number of anilines is 1. The van der Waals surface area contributed by atoms with Crippen LogP contribution in [0.1, 0.15) is 18.9 Å². The lowest BCUT2D eigenvalue weighted by atomic mass is 9.95. The zero-order chi connectivity index (χ0) is 20.8. The van der Waals surface area contributed by atoms with E-state index in [1.54, 1.807) is 24.3 Å². The maximum absolute atomic E-state index is 12.5. The van der Waals surface area contributed by atoms with Crippen LogP contribution in [0.3, 0.4) is 0 Å². The Bertz CT molecular complexity index is 888. The highest BCUT2D eigenvalue weighted by Crippen LogP contribution is 2.19. The second-order valence-corrected chi connectivity index (χ2v) is 7.09. The molecular formula is C22H26N4O3. The molecule has 0 saturated heterocycles. The van der Waals surface area contributed by atoms with Gasteiger partial charge in [0, 0.05) is 25.3 Å². The lowest BCUT2D eigenvalue weighted by Crippen LogP contribution is -2.50. The molecule has 1 aromatic rings. The van der Waals surface area contributed by atoms with E-state index in [2.05, 4.69) is 47.3 Å². The molecule has 1 unspecified atom stereocenters. The zero-order valence-electron chi connectivity index (χ0n) is 16.8. The predicted molar refractivity (Wildman–Crippen MR) is 113 cm³/mol. The number of aliphatic imine (C=N–C) groups is 1. The van der Waals surface area contributed by atoms with Gasteiger partial charge in [0.15, 0.2) is 0 Å². The molecule has 0 fully saturated rings. The summed E-state index contributed by atoms with van der Waals surface area (Å²) in [4.78, 5) is 43.9. The van der Waals surface area contributed by atoms with Crippen molar-refractivity contribution in [3.63, 3.8) is 0 Å². The van der Waals surface area contributed by atoms with Crippen LogP contribution in [0.25, 0.3) is 0 Å². The van der Waals surface area contributed by atoms with Gasteiger partial charge in [-0.3, -0.25) is 14.5 Å². The van der Waals surface area contributed by atoms with Gasteiger partial charge in [0.05, 0.1) is 11.6 Å². The van der Waals surface area contributed by atoms with Crippen LogP contribution >= 0.6 is 0 Å². The second kappa shape index (κ2) is 9.32. The van der Waals surface area contributed by atoms with E-state index in [9.17, 15) is 14.4 Å². The van der Waals surface area contributed by atoms with Crippen molar-refractivity contribution in [2.24, 2.45) is 10.9 Å². The number of nitrogens with one attached hydrogen (secondary N) is 1. The molecule has 0 aromatic heterocycles. The van der Waals surface area contributed by atoms with Gasteiger partial charge in [0.2, 0.25) is 11.8 Å². The maximum Gasteiger partial charge on any atom is 0.351 e. The maximum atomic E-state index is 12.5. The van der Waals surface area contributed by atoms with Crippen molar-refractivity contribution in [3.8, 4) is 0 Å². The fourth-order valence-electron chi connectivity index (χ4n) is 3.42. The molecule has 0 spiro atoms. The standard InChI is InChI=1S/C22H26N4O3/c1-3-25(17-9-6-8-16(2)14-17)13-7-12-23-20(27)15-26-21(28)18-10-4-5-11-19(18)24-22(26)29/h4-6,8-11,14,18H,3,7,12-13,15H2,1-2H3,(H,23,27). The van der Waals surface area contributed by atoms with E-state index in [4.69, 9.17) is 0 Å². The van der Waals surface area contributed by atoms with Crippen molar-refractivity contribution in [2.45, 2.75) is 20.3 Å². The summed E-state index contributed by atoms with van der Waals surface area (Å²) in [5.41, 5.74) is 2.79. The third kappa shape index (κ3) is 4.99. The predicted octanol–water partition coefficient (Wildman–Crippen LogP) is 2.47. The van der Waals surface area contributed by atoms with E-state index < -0.39 is 17.9 Å². The van der Waals surface area contributed by atoms with Gasteiger partial charge >= 0.3 is 6.03 Å². The largest absolute Gasteiger partial charge is 0.372 e. The fraction of sp³-hybridized carbons (Fsp3) is 0.364. The number of carbonyl (C=O) groups excluding carboxylic acids is 3. The summed E-state index contributed by atoms with van der Waals surface area (Å²) in [6, 6.07) is 7.62. The molecule has 0 saturated carbocycles. The summed E-state index contributed by atoms with van der Waals surface area (Å²) in [6.07, 6.45) is 7.56. The van der Waals surface area contributed by atoms with E-state index >= 15 is 0 Å². The van der Waals surface area contributed by atoms with Gasteiger partial charge in [-0.05, 0) is 44.0 Å². The molecule has 29 heavy (non-hydrogen) atoms. The Morgan fingerprint density at radius 1 is 1.28 bits per heavy atom. The van der Waals surface area contributed by atoms with E-state index in [1.165, 1.54) is 5.56 Å². The van der Waals surface area contributed by atoms with Crippen LogP contribution in [-0.2, 0) is 9.59 Å². The molecule has 7 nitrogen and oxygen atoms in total. The molecule has 1 atom stereocenters. The van der Waals surface area contributed by atoms with Crippen molar-refractivity contribution >= 4 is 29.2 Å². The van der Waals surface area contributed by atoms with Crippen LogP contribution in [0, 0.1) is 12.8 Å². The minimum Gasteiger partial charge on any atom is -0.372 e. The van der Waals surface area contributed by atoms with Crippen molar-refractivity contribution in [1.82, 2.24) is 10.2 Å². The highest BCUT2D eigenvalue weighted by molar-refractivity contribution is 6.22. The van der Waals surface area contributed by atoms with Crippen LogP contribution in [0.15, 0.2) is 53.6 Å². The van der Waals surface area contributed by atoms with Gasteiger partial charge < -0.3 is 10.2 Å². The number of allylic oxidation sites excluding steroid dienone is 3. The molecule has 0 radical (unpaired) electrons. The normalized spacial score (nSPS) is 17.8. The Kier molecular flexibility index (Phi) is 6.59. The van der Waals surface area contributed by atoms with Crippen LogP contribution in [0.5, 0.6) is 0 Å². The van der Waals surface area contributed by atoms with Gasteiger partial charge in [-0.15, -0.1) is 0 Å². The van der Waals surface area contributed by atoms with Crippen molar-refractivity contribution in [1.29, 1.82) is 0 Å². The van der Waals surface area contributed by atoms with Gasteiger partial charge in [-0.2, -0.15) is 4.99 Å². The van der Waals surface area contributed by atoms with E-state index in [0.717, 1.165) is 30.1 Å². The molecule has 4 amide bonds. The van der Waals surface area contributed by atoms with Gasteiger partial charge in [-0.1, -0.05) is 30.4 Å². The number of nitrogens with zero attached hydrogens (tertiary/aromatic N) is 3. The third-order valence-corrected chi connectivity index (χ3v) is 4.97. The van der Waals surface area contributed by atoms with Crippen LogP contribution in [-0.4, -0.2) is 54.6 Å². The molecule has 3 rings (SSSR count). The summed E-state index contributed by atoms with van der Waals surface area (Å²) in [5.74, 6) is -1.36. The lowest BCUT2D eigenvalue weighted by molar-refractivity contribution is -0.134. The summed E-state index contributed by atoms with van der Waals surface area (Å²) < 4.78 is 0. The van der Waals surface area contributed by atoms with Gasteiger partial charge in [-0.25, -0.2) is 4.79 Å². The molecule has 152 valence electrons. The summed E-state index contributed by atoms with van der Waals surface area (Å²) in [5, 5.41) is 2.79. The first-order valence-electron chi connectivity index (χ1n) is 9.86. The molecule has 7 heteroatoms. The molecule has 0 bridgehead atoms. The summed E-state index contributed by atoms with van der Waals surface area (Å²) in [6.45, 7) is 5.99. The minimum atomic E-state index is -0.687. The molecular weight excluding hydrogens is 368 g/mol. The Labute approximate surface area is 170 Å².